The number of benzene rings is 1. The van der Waals surface area contributed by atoms with E-state index in [0.717, 1.165) is 13.1 Å². The van der Waals surface area contributed by atoms with Crippen molar-refractivity contribution in [1.82, 2.24) is 4.90 Å². The van der Waals surface area contributed by atoms with Gasteiger partial charge in [-0.1, -0.05) is 44.2 Å². The minimum Gasteiger partial charge on any atom is -0.444 e. The van der Waals surface area contributed by atoms with Crippen LogP contribution in [0.1, 0.15) is 32.4 Å². The fraction of sp³-hybridized carbons (Fsp3) is 0.533. The summed E-state index contributed by atoms with van der Waals surface area (Å²) in [7, 11) is 0. The van der Waals surface area contributed by atoms with E-state index in [1.165, 1.54) is 5.56 Å². The molecule has 2 N–H and O–H groups in total. The second kappa shape index (κ2) is 5.21. The summed E-state index contributed by atoms with van der Waals surface area (Å²) in [6.07, 6.45) is -0.830. The number of hydrogen-bond donors (Lipinski definition) is 1. The van der Waals surface area contributed by atoms with Crippen molar-refractivity contribution in [2.45, 2.75) is 32.9 Å². The highest BCUT2D eigenvalue weighted by Gasteiger charge is 2.43. The first-order valence-electron chi connectivity index (χ1n) is 6.65. The number of nitrogens with zero attached hydrogens (tertiary/aromatic N) is 1. The van der Waals surface area contributed by atoms with Crippen LogP contribution in [-0.4, -0.2) is 30.2 Å². The normalized spacial score (nSPS) is 24.1. The van der Waals surface area contributed by atoms with Gasteiger partial charge in [0.05, 0.1) is 0 Å². The van der Waals surface area contributed by atoms with Crippen LogP contribution in [0.15, 0.2) is 30.3 Å². The Hall–Kier alpha value is -1.55. The molecule has 1 saturated heterocycles. The summed E-state index contributed by atoms with van der Waals surface area (Å²) in [5.41, 5.74) is 6.35. The maximum Gasteiger partial charge on any atom is 0.404 e. The fourth-order valence-corrected chi connectivity index (χ4v) is 2.72. The number of ether oxygens (including phenoxy) is 1. The molecule has 1 fully saturated rings. The summed E-state index contributed by atoms with van der Waals surface area (Å²) in [4.78, 5) is 13.3. The van der Waals surface area contributed by atoms with Gasteiger partial charge in [-0.3, -0.25) is 4.90 Å². The average molecular weight is 262 g/mol. The summed E-state index contributed by atoms with van der Waals surface area (Å²) < 4.78 is 5.24. The average Bonchev–Trinajstić information content (AvgIpc) is 2.64. The van der Waals surface area contributed by atoms with Gasteiger partial charge in [-0.25, -0.2) is 4.79 Å². The van der Waals surface area contributed by atoms with E-state index in [-0.39, 0.29) is 11.5 Å². The Morgan fingerprint density at radius 3 is 2.63 bits per heavy atom. The topological polar surface area (TPSA) is 55.6 Å². The van der Waals surface area contributed by atoms with E-state index in [2.05, 4.69) is 37.8 Å². The second-order valence-corrected chi connectivity index (χ2v) is 5.93. The lowest BCUT2D eigenvalue weighted by atomic mass is 9.90. The molecule has 0 spiro atoms. The summed E-state index contributed by atoms with van der Waals surface area (Å²) in [6, 6.07) is 10.7. The van der Waals surface area contributed by atoms with E-state index in [0.29, 0.717) is 6.04 Å². The molecule has 2 atom stereocenters. The third-order valence-corrected chi connectivity index (χ3v) is 3.97. The van der Waals surface area contributed by atoms with Gasteiger partial charge in [0.25, 0.3) is 0 Å². The first-order chi connectivity index (χ1) is 8.90. The summed E-state index contributed by atoms with van der Waals surface area (Å²) >= 11 is 0. The predicted molar refractivity (Wildman–Crippen MR) is 74.7 cm³/mol. The molecule has 1 aromatic carbocycles. The van der Waals surface area contributed by atoms with Gasteiger partial charge in [0, 0.05) is 24.5 Å². The summed E-state index contributed by atoms with van der Waals surface area (Å²) in [6.45, 7) is 8.02. The molecule has 0 bridgehead atoms. The molecule has 104 valence electrons. The molecule has 1 amide bonds. The molecule has 1 heterocycles. The largest absolute Gasteiger partial charge is 0.444 e. The van der Waals surface area contributed by atoms with E-state index in [4.69, 9.17) is 10.5 Å². The molecule has 19 heavy (non-hydrogen) atoms. The van der Waals surface area contributed by atoms with Crippen molar-refractivity contribution in [3.63, 3.8) is 0 Å². The van der Waals surface area contributed by atoms with Crippen LogP contribution in [0, 0.1) is 5.41 Å². The highest BCUT2D eigenvalue weighted by molar-refractivity contribution is 5.65. The van der Waals surface area contributed by atoms with Crippen molar-refractivity contribution < 1.29 is 9.53 Å². The zero-order valence-electron chi connectivity index (χ0n) is 11.8. The molecular weight excluding hydrogens is 240 g/mol. The Morgan fingerprint density at radius 2 is 2.05 bits per heavy atom. The van der Waals surface area contributed by atoms with Crippen LogP contribution in [0.2, 0.25) is 0 Å². The van der Waals surface area contributed by atoms with Gasteiger partial charge in [0.1, 0.15) is 6.10 Å². The molecule has 2 rings (SSSR count). The van der Waals surface area contributed by atoms with Gasteiger partial charge >= 0.3 is 6.09 Å². The van der Waals surface area contributed by atoms with Crippen molar-refractivity contribution in [2.75, 3.05) is 13.1 Å². The number of hydrogen-bond acceptors (Lipinski definition) is 3. The Kier molecular flexibility index (Phi) is 3.80. The molecule has 4 nitrogen and oxygen atoms in total. The van der Waals surface area contributed by atoms with Crippen LogP contribution in [0.4, 0.5) is 4.79 Å². The molecule has 1 aromatic rings. The number of carbonyl (C=O) groups is 1. The molecule has 4 heteroatoms. The summed E-state index contributed by atoms with van der Waals surface area (Å²) in [5, 5.41) is 0. The zero-order chi connectivity index (χ0) is 14.0. The van der Waals surface area contributed by atoms with Crippen LogP contribution in [0.25, 0.3) is 0 Å². The quantitative estimate of drug-likeness (QED) is 0.910. The van der Waals surface area contributed by atoms with Crippen LogP contribution in [0.3, 0.4) is 0 Å². The van der Waals surface area contributed by atoms with Gasteiger partial charge in [-0.15, -0.1) is 0 Å². The maximum atomic E-state index is 11.0. The van der Waals surface area contributed by atoms with Gasteiger partial charge in [0.2, 0.25) is 0 Å². The third kappa shape index (κ3) is 3.07. The number of carbonyl (C=O) groups excluding carboxylic acids is 1. The Balaban J connectivity index is 2.09. The Bertz CT molecular complexity index is 445. The zero-order valence-corrected chi connectivity index (χ0v) is 11.8. The Morgan fingerprint density at radius 1 is 1.42 bits per heavy atom. The van der Waals surface area contributed by atoms with Gasteiger partial charge in [-0.05, 0) is 12.5 Å². The van der Waals surface area contributed by atoms with Crippen LogP contribution >= 0.6 is 0 Å². The van der Waals surface area contributed by atoms with E-state index in [1.807, 2.05) is 18.2 Å². The van der Waals surface area contributed by atoms with Crippen LogP contribution in [0.5, 0.6) is 0 Å². The smallest absolute Gasteiger partial charge is 0.404 e. The molecule has 0 saturated carbocycles. The first kappa shape index (κ1) is 13.9. The maximum absolute atomic E-state index is 11.0. The molecule has 0 aromatic heterocycles. The number of amides is 1. The third-order valence-electron chi connectivity index (χ3n) is 3.97. The predicted octanol–water partition coefficient (Wildman–Crippen LogP) is 2.55. The fourth-order valence-electron chi connectivity index (χ4n) is 2.72. The first-order valence-corrected chi connectivity index (χ1v) is 6.65. The molecule has 1 aliphatic heterocycles. The highest BCUT2D eigenvalue weighted by atomic mass is 16.6. The summed E-state index contributed by atoms with van der Waals surface area (Å²) in [5.74, 6) is 0. The van der Waals surface area contributed by atoms with E-state index in [9.17, 15) is 4.79 Å². The number of nitrogens with two attached hydrogens (primary N) is 1. The lowest BCUT2D eigenvalue weighted by molar-refractivity contribution is 0.0598. The molecule has 0 aliphatic carbocycles. The SMILES string of the molecule is C[C@H](c1ccccc1)N1C[C@H](OC(N)=O)C(C)(C)C1. The Labute approximate surface area is 114 Å². The van der Waals surface area contributed by atoms with Crippen molar-refractivity contribution in [2.24, 2.45) is 11.1 Å². The van der Waals surface area contributed by atoms with Crippen molar-refractivity contribution >= 4 is 6.09 Å². The standard InChI is InChI=1S/C15H22N2O2/c1-11(12-7-5-4-6-8-12)17-9-13(19-14(16)18)15(2,3)10-17/h4-8,11,13H,9-10H2,1-3H3,(H2,16,18)/t11-,13+/m1/s1. The van der Waals surface area contributed by atoms with Gasteiger partial charge in [-0.2, -0.15) is 0 Å². The minimum absolute atomic E-state index is 0.0714. The van der Waals surface area contributed by atoms with Gasteiger partial charge in [0.15, 0.2) is 0 Å². The minimum atomic E-state index is -0.688. The molecule has 1 aliphatic rings. The molecular formula is C15H22N2O2. The lowest BCUT2D eigenvalue weighted by Crippen LogP contribution is -2.34. The van der Waals surface area contributed by atoms with E-state index >= 15 is 0 Å². The van der Waals surface area contributed by atoms with Crippen LogP contribution in [-0.2, 0) is 4.74 Å². The van der Waals surface area contributed by atoms with E-state index in [1.54, 1.807) is 0 Å². The monoisotopic (exact) mass is 262 g/mol. The van der Waals surface area contributed by atoms with Crippen molar-refractivity contribution in [1.29, 1.82) is 0 Å². The highest BCUT2D eigenvalue weighted by Crippen LogP contribution is 2.36. The second-order valence-electron chi connectivity index (χ2n) is 5.93. The van der Waals surface area contributed by atoms with Gasteiger partial charge < -0.3 is 10.5 Å². The van der Waals surface area contributed by atoms with E-state index < -0.39 is 6.09 Å². The lowest BCUT2D eigenvalue weighted by Gasteiger charge is -2.26. The van der Waals surface area contributed by atoms with Crippen molar-refractivity contribution in [3.8, 4) is 0 Å². The number of primary amides is 1. The van der Waals surface area contributed by atoms with Crippen molar-refractivity contribution in [3.05, 3.63) is 35.9 Å². The van der Waals surface area contributed by atoms with Crippen LogP contribution < -0.4 is 5.73 Å². The molecule has 0 unspecified atom stereocenters. The number of rotatable bonds is 3. The molecule has 0 radical (unpaired) electrons. The number of likely N-dealkylation sites (tertiary alicyclic amines) is 1.